The van der Waals surface area contributed by atoms with Crippen LogP contribution in [-0.4, -0.2) is 17.4 Å². The Balaban J connectivity index is 2.72. The molecule has 0 heterocycles. The van der Waals surface area contributed by atoms with Crippen LogP contribution in [0.4, 0.5) is 5.69 Å². The Morgan fingerprint density at radius 2 is 2.25 bits per heavy atom. The zero-order valence-electron chi connectivity index (χ0n) is 8.65. The average Bonchev–Trinajstić information content (AvgIpc) is 2.26. The fraction of sp³-hybridized carbons (Fsp3) is 0.400. The molecule has 0 bridgehead atoms. The quantitative estimate of drug-likeness (QED) is 0.464. The molecule has 88 valence electrons. The standard InChI is InChI=1S/C10H11Cl2NO3/c1-7(5-11)6-16-10-3-2-8(13(14)15)4-9(10)12/h2-4,7H,5-6H2,1H3. The molecule has 4 nitrogen and oxygen atoms in total. The zero-order chi connectivity index (χ0) is 12.1. The number of nitro groups is 1. The molecule has 0 saturated carbocycles. The average molecular weight is 264 g/mol. The van der Waals surface area contributed by atoms with Crippen LogP contribution in [0.15, 0.2) is 18.2 Å². The number of ether oxygens (including phenoxy) is 1. The highest BCUT2D eigenvalue weighted by molar-refractivity contribution is 6.32. The van der Waals surface area contributed by atoms with E-state index in [4.69, 9.17) is 27.9 Å². The van der Waals surface area contributed by atoms with Gasteiger partial charge in [0.1, 0.15) is 5.75 Å². The van der Waals surface area contributed by atoms with E-state index in [-0.39, 0.29) is 16.6 Å². The second kappa shape index (κ2) is 5.92. The van der Waals surface area contributed by atoms with E-state index in [1.807, 2.05) is 6.92 Å². The number of alkyl halides is 1. The van der Waals surface area contributed by atoms with Crippen molar-refractivity contribution in [3.8, 4) is 5.75 Å². The van der Waals surface area contributed by atoms with E-state index in [0.717, 1.165) is 0 Å². The predicted molar refractivity (Wildman–Crippen MR) is 63.5 cm³/mol. The molecule has 0 amide bonds. The van der Waals surface area contributed by atoms with Gasteiger partial charge in [0.2, 0.25) is 0 Å². The van der Waals surface area contributed by atoms with Crippen molar-refractivity contribution in [2.24, 2.45) is 5.92 Å². The van der Waals surface area contributed by atoms with Gasteiger partial charge in [-0.05, 0) is 6.07 Å². The minimum Gasteiger partial charge on any atom is -0.492 e. The SMILES string of the molecule is CC(CCl)COc1ccc([N+](=O)[O-])cc1Cl. The first kappa shape index (κ1) is 13.1. The van der Waals surface area contributed by atoms with Crippen molar-refractivity contribution in [3.63, 3.8) is 0 Å². The Morgan fingerprint density at radius 1 is 1.56 bits per heavy atom. The summed E-state index contributed by atoms with van der Waals surface area (Å²) in [5.41, 5.74) is -0.0530. The lowest BCUT2D eigenvalue weighted by atomic mass is 10.2. The minimum absolute atomic E-state index is 0.0530. The van der Waals surface area contributed by atoms with E-state index >= 15 is 0 Å². The number of halogens is 2. The summed E-state index contributed by atoms with van der Waals surface area (Å²) in [5.74, 6) is 1.13. The van der Waals surface area contributed by atoms with Gasteiger partial charge < -0.3 is 4.74 Å². The normalized spacial score (nSPS) is 12.2. The lowest BCUT2D eigenvalue weighted by molar-refractivity contribution is -0.384. The molecule has 0 aliphatic heterocycles. The second-order valence-electron chi connectivity index (χ2n) is 3.44. The fourth-order valence-electron chi connectivity index (χ4n) is 0.997. The molecule has 0 aliphatic rings. The van der Waals surface area contributed by atoms with Crippen molar-refractivity contribution in [3.05, 3.63) is 33.3 Å². The molecule has 0 N–H and O–H groups in total. The van der Waals surface area contributed by atoms with Gasteiger partial charge in [-0.3, -0.25) is 10.1 Å². The first-order valence-electron chi connectivity index (χ1n) is 4.67. The van der Waals surface area contributed by atoms with Crippen LogP contribution in [0, 0.1) is 16.0 Å². The van der Waals surface area contributed by atoms with E-state index in [0.29, 0.717) is 18.2 Å². The maximum atomic E-state index is 10.5. The van der Waals surface area contributed by atoms with E-state index < -0.39 is 4.92 Å². The van der Waals surface area contributed by atoms with Crippen LogP contribution in [0.3, 0.4) is 0 Å². The third kappa shape index (κ3) is 3.54. The Morgan fingerprint density at radius 3 is 2.75 bits per heavy atom. The molecule has 1 unspecified atom stereocenters. The van der Waals surface area contributed by atoms with Gasteiger partial charge in [0, 0.05) is 23.9 Å². The van der Waals surface area contributed by atoms with E-state index in [1.54, 1.807) is 0 Å². The summed E-state index contributed by atoms with van der Waals surface area (Å²) >= 11 is 11.5. The topological polar surface area (TPSA) is 52.4 Å². The van der Waals surface area contributed by atoms with Crippen molar-refractivity contribution >= 4 is 28.9 Å². The molecule has 1 aromatic rings. The lowest BCUT2D eigenvalue weighted by Gasteiger charge is -2.11. The third-order valence-corrected chi connectivity index (χ3v) is 2.74. The van der Waals surface area contributed by atoms with E-state index in [1.165, 1.54) is 18.2 Å². The van der Waals surface area contributed by atoms with Crippen molar-refractivity contribution in [1.82, 2.24) is 0 Å². The fourth-order valence-corrected chi connectivity index (χ4v) is 1.32. The van der Waals surface area contributed by atoms with Gasteiger partial charge in [-0.1, -0.05) is 18.5 Å². The van der Waals surface area contributed by atoms with Crippen LogP contribution in [0.2, 0.25) is 5.02 Å². The van der Waals surface area contributed by atoms with Gasteiger partial charge in [-0.2, -0.15) is 0 Å². The molecular weight excluding hydrogens is 253 g/mol. The molecular formula is C10H11Cl2NO3. The molecule has 0 spiro atoms. The lowest BCUT2D eigenvalue weighted by Crippen LogP contribution is -2.09. The summed E-state index contributed by atoms with van der Waals surface area (Å²) < 4.78 is 5.39. The largest absolute Gasteiger partial charge is 0.492 e. The number of hydrogen-bond acceptors (Lipinski definition) is 3. The van der Waals surface area contributed by atoms with Gasteiger partial charge in [0.15, 0.2) is 0 Å². The van der Waals surface area contributed by atoms with Crippen molar-refractivity contribution in [1.29, 1.82) is 0 Å². The second-order valence-corrected chi connectivity index (χ2v) is 4.16. The maximum absolute atomic E-state index is 10.5. The van der Waals surface area contributed by atoms with Crippen LogP contribution in [0.5, 0.6) is 5.75 Å². The molecule has 0 radical (unpaired) electrons. The van der Waals surface area contributed by atoms with Gasteiger partial charge in [0.25, 0.3) is 5.69 Å². The third-order valence-electron chi connectivity index (χ3n) is 1.91. The number of nitro benzene ring substituents is 1. The first-order valence-corrected chi connectivity index (χ1v) is 5.58. The molecule has 1 atom stereocenters. The molecule has 0 aromatic heterocycles. The van der Waals surface area contributed by atoms with Crippen molar-refractivity contribution in [2.75, 3.05) is 12.5 Å². The summed E-state index contributed by atoms with van der Waals surface area (Å²) in [6, 6.07) is 4.11. The number of nitrogens with zero attached hydrogens (tertiary/aromatic N) is 1. The van der Waals surface area contributed by atoms with Crippen LogP contribution in [0.1, 0.15) is 6.92 Å². The van der Waals surface area contributed by atoms with Gasteiger partial charge in [-0.15, -0.1) is 11.6 Å². The molecule has 6 heteroatoms. The number of non-ortho nitro benzene ring substituents is 1. The summed E-state index contributed by atoms with van der Waals surface area (Å²) in [5, 5.41) is 10.7. The Bertz CT molecular complexity index is 384. The summed E-state index contributed by atoms with van der Waals surface area (Å²) in [7, 11) is 0. The maximum Gasteiger partial charge on any atom is 0.271 e. The van der Waals surface area contributed by atoms with Crippen molar-refractivity contribution in [2.45, 2.75) is 6.92 Å². The van der Waals surface area contributed by atoms with Crippen LogP contribution >= 0.6 is 23.2 Å². The van der Waals surface area contributed by atoms with Gasteiger partial charge in [-0.25, -0.2) is 0 Å². The number of benzene rings is 1. The molecule has 0 saturated heterocycles. The molecule has 1 rings (SSSR count). The van der Waals surface area contributed by atoms with Gasteiger partial charge in [0.05, 0.1) is 16.6 Å². The highest BCUT2D eigenvalue weighted by Gasteiger charge is 2.11. The first-order chi connectivity index (χ1) is 7.54. The predicted octanol–water partition coefficient (Wildman–Crippen LogP) is 3.50. The number of rotatable bonds is 5. The van der Waals surface area contributed by atoms with E-state index in [9.17, 15) is 10.1 Å². The molecule has 0 aliphatic carbocycles. The van der Waals surface area contributed by atoms with Crippen LogP contribution < -0.4 is 4.74 Å². The molecule has 0 fully saturated rings. The van der Waals surface area contributed by atoms with Crippen molar-refractivity contribution < 1.29 is 9.66 Å². The summed E-state index contributed by atoms with van der Waals surface area (Å²) in [6.07, 6.45) is 0. The van der Waals surface area contributed by atoms with Gasteiger partial charge >= 0.3 is 0 Å². The van der Waals surface area contributed by atoms with Crippen LogP contribution in [-0.2, 0) is 0 Å². The Hall–Kier alpha value is -1.00. The minimum atomic E-state index is -0.503. The summed E-state index contributed by atoms with van der Waals surface area (Å²) in [4.78, 5) is 9.96. The summed E-state index contributed by atoms with van der Waals surface area (Å²) in [6.45, 7) is 2.37. The molecule has 16 heavy (non-hydrogen) atoms. The smallest absolute Gasteiger partial charge is 0.271 e. The highest BCUT2D eigenvalue weighted by Crippen LogP contribution is 2.28. The number of hydrogen-bond donors (Lipinski definition) is 0. The Labute approximate surface area is 103 Å². The highest BCUT2D eigenvalue weighted by atomic mass is 35.5. The van der Waals surface area contributed by atoms with E-state index in [2.05, 4.69) is 0 Å². The zero-order valence-corrected chi connectivity index (χ0v) is 10.2. The molecule has 1 aromatic carbocycles. The van der Waals surface area contributed by atoms with Crippen LogP contribution in [0.25, 0.3) is 0 Å². The Kier molecular flexibility index (Phi) is 4.83. The monoisotopic (exact) mass is 263 g/mol.